The van der Waals surface area contributed by atoms with Crippen molar-refractivity contribution >= 4 is 20.8 Å². The van der Waals surface area contributed by atoms with E-state index in [-0.39, 0.29) is 5.54 Å². The monoisotopic (exact) mass is 319 g/mol. The number of sulfonamides is 1. The van der Waals surface area contributed by atoms with E-state index in [4.69, 9.17) is 0 Å². The van der Waals surface area contributed by atoms with Crippen LogP contribution in [0, 0.1) is 0 Å². The maximum absolute atomic E-state index is 13.1. The highest BCUT2D eigenvalue weighted by atomic mass is 32.2. The summed E-state index contributed by atoms with van der Waals surface area (Å²) in [5, 5.41) is 4.97. The highest BCUT2D eigenvalue weighted by Gasteiger charge is 2.33. The van der Waals surface area contributed by atoms with Gasteiger partial charge in [-0.1, -0.05) is 12.1 Å². The van der Waals surface area contributed by atoms with Crippen LogP contribution in [0.3, 0.4) is 0 Å². The third kappa shape index (κ3) is 2.86. The summed E-state index contributed by atoms with van der Waals surface area (Å²) in [7, 11) is -3.52. The largest absolute Gasteiger partial charge is 0.310 e. The van der Waals surface area contributed by atoms with Crippen LogP contribution in [0.25, 0.3) is 10.8 Å². The van der Waals surface area contributed by atoms with E-state index in [1.807, 2.05) is 19.9 Å². The van der Waals surface area contributed by atoms with Crippen molar-refractivity contribution in [3.8, 4) is 0 Å². The fourth-order valence-corrected chi connectivity index (χ4v) is 4.77. The first kappa shape index (κ1) is 15.4. The summed E-state index contributed by atoms with van der Waals surface area (Å²) in [5.74, 6) is 0. The molecule has 1 N–H and O–H groups in total. The number of hydrogen-bond acceptors (Lipinski definition) is 4. The molecule has 6 heteroatoms. The molecular weight excluding hydrogens is 298 g/mol. The molecule has 1 fully saturated rings. The SMILES string of the molecule is CC1(C)CN(S(=O)(=O)c2cccc3cnccc23)CCCN1. The predicted molar refractivity (Wildman–Crippen MR) is 87.2 cm³/mol. The molecule has 0 bridgehead atoms. The van der Waals surface area contributed by atoms with Gasteiger partial charge in [-0.3, -0.25) is 4.98 Å². The highest BCUT2D eigenvalue weighted by molar-refractivity contribution is 7.89. The fraction of sp³-hybridized carbons (Fsp3) is 0.438. The quantitative estimate of drug-likeness (QED) is 0.919. The molecule has 0 radical (unpaired) electrons. The van der Waals surface area contributed by atoms with Gasteiger partial charge in [-0.25, -0.2) is 8.42 Å². The van der Waals surface area contributed by atoms with Crippen LogP contribution in [0.15, 0.2) is 41.6 Å². The number of aromatic nitrogens is 1. The Morgan fingerprint density at radius 1 is 1.27 bits per heavy atom. The zero-order valence-electron chi connectivity index (χ0n) is 12.9. The van der Waals surface area contributed by atoms with Gasteiger partial charge in [0, 0.05) is 41.8 Å². The smallest absolute Gasteiger partial charge is 0.243 e. The van der Waals surface area contributed by atoms with E-state index in [0.717, 1.165) is 23.7 Å². The van der Waals surface area contributed by atoms with Gasteiger partial charge in [0.2, 0.25) is 10.0 Å². The average Bonchev–Trinajstić information content (AvgIpc) is 2.67. The lowest BCUT2D eigenvalue weighted by Gasteiger charge is -2.29. The maximum atomic E-state index is 13.1. The molecule has 2 heterocycles. The lowest BCUT2D eigenvalue weighted by Crippen LogP contribution is -2.47. The zero-order valence-corrected chi connectivity index (χ0v) is 13.7. The van der Waals surface area contributed by atoms with Crippen molar-refractivity contribution in [1.29, 1.82) is 0 Å². The number of hydrogen-bond donors (Lipinski definition) is 1. The summed E-state index contributed by atoms with van der Waals surface area (Å²) >= 11 is 0. The van der Waals surface area contributed by atoms with Gasteiger partial charge in [0.15, 0.2) is 0 Å². The highest BCUT2D eigenvalue weighted by Crippen LogP contribution is 2.27. The molecular formula is C16H21N3O2S. The lowest BCUT2D eigenvalue weighted by molar-refractivity contribution is 0.326. The maximum Gasteiger partial charge on any atom is 0.243 e. The third-order valence-electron chi connectivity index (χ3n) is 4.02. The molecule has 1 aliphatic heterocycles. The first-order chi connectivity index (χ1) is 10.4. The number of nitrogens with one attached hydrogen (secondary N) is 1. The molecule has 118 valence electrons. The van der Waals surface area contributed by atoms with Gasteiger partial charge in [-0.15, -0.1) is 0 Å². The summed E-state index contributed by atoms with van der Waals surface area (Å²) in [5.41, 5.74) is -0.226. The molecule has 0 aliphatic carbocycles. The molecule has 5 nitrogen and oxygen atoms in total. The van der Waals surface area contributed by atoms with Crippen molar-refractivity contribution in [3.63, 3.8) is 0 Å². The van der Waals surface area contributed by atoms with Crippen LogP contribution in [-0.2, 0) is 10.0 Å². The Bertz CT molecular complexity index is 782. The third-order valence-corrected chi connectivity index (χ3v) is 5.92. The molecule has 0 amide bonds. The van der Waals surface area contributed by atoms with Gasteiger partial charge in [-0.05, 0) is 38.9 Å². The second kappa shape index (κ2) is 5.61. The molecule has 3 rings (SSSR count). The van der Waals surface area contributed by atoms with Crippen LogP contribution < -0.4 is 5.32 Å². The minimum Gasteiger partial charge on any atom is -0.310 e. The summed E-state index contributed by atoms with van der Waals surface area (Å²) in [6.45, 7) is 5.91. The van der Waals surface area contributed by atoms with Crippen molar-refractivity contribution in [1.82, 2.24) is 14.6 Å². The van der Waals surface area contributed by atoms with E-state index in [1.165, 1.54) is 0 Å². The molecule has 0 unspecified atom stereocenters. The number of rotatable bonds is 2. The van der Waals surface area contributed by atoms with Crippen molar-refractivity contribution in [2.24, 2.45) is 0 Å². The Hall–Kier alpha value is -1.50. The van der Waals surface area contributed by atoms with Crippen molar-refractivity contribution in [2.45, 2.75) is 30.7 Å². The number of fused-ring (bicyclic) bond motifs is 1. The van der Waals surface area contributed by atoms with Crippen LogP contribution in [0.4, 0.5) is 0 Å². The Kier molecular flexibility index (Phi) is 3.92. The normalized spacial score (nSPS) is 19.9. The van der Waals surface area contributed by atoms with Crippen LogP contribution >= 0.6 is 0 Å². The van der Waals surface area contributed by atoms with Crippen molar-refractivity contribution in [2.75, 3.05) is 19.6 Å². The van der Waals surface area contributed by atoms with Crippen LogP contribution in [0.2, 0.25) is 0 Å². The topological polar surface area (TPSA) is 62.3 Å². The van der Waals surface area contributed by atoms with Gasteiger partial charge in [0.1, 0.15) is 0 Å². The molecule has 1 saturated heterocycles. The van der Waals surface area contributed by atoms with E-state index >= 15 is 0 Å². The molecule has 1 aromatic heterocycles. The number of benzene rings is 1. The minimum absolute atomic E-state index is 0.226. The zero-order chi connectivity index (χ0) is 15.8. The van der Waals surface area contributed by atoms with Crippen LogP contribution in [-0.4, -0.2) is 42.9 Å². The van der Waals surface area contributed by atoms with E-state index in [2.05, 4.69) is 10.3 Å². The van der Waals surface area contributed by atoms with Gasteiger partial charge < -0.3 is 5.32 Å². The molecule has 0 saturated carbocycles. The Morgan fingerprint density at radius 3 is 2.91 bits per heavy atom. The van der Waals surface area contributed by atoms with Crippen LogP contribution in [0.1, 0.15) is 20.3 Å². The summed E-state index contributed by atoms with van der Waals surface area (Å²) in [6.07, 6.45) is 4.15. The molecule has 0 atom stereocenters. The summed E-state index contributed by atoms with van der Waals surface area (Å²) < 4.78 is 27.8. The molecule has 2 aromatic rings. The van der Waals surface area contributed by atoms with Gasteiger partial charge in [0.05, 0.1) is 4.90 Å². The summed E-state index contributed by atoms with van der Waals surface area (Å²) in [6, 6.07) is 7.11. The van der Waals surface area contributed by atoms with E-state index < -0.39 is 10.0 Å². The van der Waals surface area contributed by atoms with Crippen molar-refractivity contribution < 1.29 is 8.42 Å². The molecule has 22 heavy (non-hydrogen) atoms. The van der Waals surface area contributed by atoms with E-state index in [1.54, 1.807) is 34.9 Å². The predicted octanol–water partition coefficient (Wildman–Crippen LogP) is 2.00. The minimum atomic E-state index is -3.52. The van der Waals surface area contributed by atoms with Crippen LogP contribution in [0.5, 0.6) is 0 Å². The van der Waals surface area contributed by atoms with E-state index in [0.29, 0.717) is 18.0 Å². The molecule has 1 aromatic carbocycles. The van der Waals surface area contributed by atoms with E-state index in [9.17, 15) is 8.42 Å². The Balaban J connectivity index is 2.08. The Morgan fingerprint density at radius 2 is 2.09 bits per heavy atom. The number of nitrogens with zero attached hydrogens (tertiary/aromatic N) is 2. The summed E-state index contributed by atoms with van der Waals surface area (Å²) in [4.78, 5) is 4.43. The van der Waals surface area contributed by atoms with Gasteiger partial charge in [0.25, 0.3) is 0 Å². The average molecular weight is 319 g/mol. The van der Waals surface area contributed by atoms with Crippen molar-refractivity contribution in [3.05, 3.63) is 36.7 Å². The van der Waals surface area contributed by atoms with Gasteiger partial charge >= 0.3 is 0 Å². The first-order valence-corrected chi connectivity index (χ1v) is 8.92. The molecule has 0 spiro atoms. The standard InChI is InChI=1S/C16H21N3O2S/c1-16(2)12-19(10-4-8-18-16)22(20,21)15-6-3-5-13-11-17-9-7-14(13)15/h3,5-7,9,11,18H,4,8,10,12H2,1-2H3. The second-order valence-electron chi connectivity index (χ2n) is 6.36. The Labute approximate surface area is 131 Å². The second-order valence-corrected chi connectivity index (χ2v) is 8.26. The molecule has 1 aliphatic rings. The first-order valence-electron chi connectivity index (χ1n) is 7.48. The fourth-order valence-electron chi connectivity index (χ4n) is 2.92. The van der Waals surface area contributed by atoms with Gasteiger partial charge in [-0.2, -0.15) is 4.31 Å². The lowest BCUT2D eigenvalue weighted by atomic mass is 10.1. The number of pyridine rings is 1.